The van der Waals surface area contributed by atoms with E-state index in [1.54, 1.807) is 6.07 Å². The maximum atomic E-state index is 14.0. The summed E-state index contributed by atoms with van der Waals surface area (Å²) in [5.41, 5.74) is 3.40. The summed E-state index contributed by atoms with van der Waals surface area (Å²) in [5, 5.41) is 3.13. The van der Waals surface area contributed by atoms with Crippen LogP contribution in [0.2, 0.25) is 0 Å². The number of aryl methyl sites for hydroxylation is 2. The second-order valence-electron chi connectivity index (χ2n) is 5.49. The summed E-state index contributed by atoms with van der Waals surface area (Å²) in [6.07, 6.45) is 0. The maximum absolute atomic E-state index is 14.0. The predicted octanol–water partition coefficient (Wildman–Crippen LogP) is 2.91. The molecular formula is C16H21FN4. The van der Waals surface area contributed by atoms with Gasteiger partial charge in [-0.25, -0.2) is 14.4 Å². The van der Waals surface area contributed by atoms with Crippen LogP contribution >= 0.6 is 0 Å². The van der Waals surface area contributed by atoms with Crippen molar-refractivity contribution in [2.45, 2.75) is 26.9 Å². The van der Waals surface area contributed by atoms with Crippen LogP contribution in [0.25, 0.3) is 0 Å². The Morgan fingerprint density at radius 3 is 2.33 bits per heavy atom. The average molecular weight is 288 g/mol. The predicted molar refractivity (Wildman–Crippen MR) is 82.6 cm³/mol. The zero-order chi connectivity index (χ0) is 15.4. The fourth-order valence-corrected chi connectivity index (χ4v) is 2.16. The first-order valence-electron chi connectivity index (χ1n) is 6.92. The Morgan fingerprint density at radius 2 is 1.76 bits per heavy atom. The fourth-order valence-electron chi connectivity index (χ4n) is 2.16. The molecule has 0 bridgehead atoms. The zero-order valence-electron chi connectivity index (χ0n) is 12.9. The van der Waals surface area contributed by atoms with Gasteiger partial charge >= 0.3 is 0 Å². The highest BCUT2D eigenvalue weighted by Crippen LogP contribution is 2.13. The molecule has 0 saturated carbocycles. The number of nitrogens with zero attached hydrogens (tertiary/aromatic N) is 3. The fraction of sp³-hybridized carbons (Fsp3) is 0.375. The van der Waals surface area contributed by atoms with Crippen LogP contribution in [0.5, 0.6) is 0 Å². The highest BCUT2D eigenvalue weighted by Gasteiger charge is 2.05. The van der Waals surface area contributed by atoms with Crippen molar-refractivity contribution in [3.8, 4) is 0 Å². The maximum Gasteiger partial charge on any atom is 0.223 e. The summed E-state index contributed by atoms with van der Waals surface area (Å²) in [4.78, 5) is 10.6. The standard InChI is InChI=1S/C16H21FN4/c1-11-7-12(2)20-16(19-11)18-9-13-5-6-14(10-21(3)4)15(17)8-13/h5-8H,9-10H2,1-4H3,(H,18,19,20). The number of halogens is 1. The van der Waals surface area contributed by atoms with Crippen molar-refractivity contribution in [3.05, 3.63) is 52.6 Å². The Kier molecular flexibility index (Phi) is 4.85. The van der Waals surface area contributed by atoms with Gasteiger partial charge in [-0.15, -0.1) is 0 Å². The second-order valence-corrected chi connectivity index (χ2v) is 5.49. The van der Waals surface area contributed by atoms with E-state index in [0.29, 0.717) is 24.6 Å². The van der Waals surface area contributed by atoms with Crippen molar-refractivity contribution in [2.75, 3.05) is 19.4 Å². The lowest BCUT2D eigenvalue weighted by atomic mass is 10.1. The lowest BCUT2D eigenvalue weighted by molar-refractivity contribution is 0.392. The Balaban J connectivity index is 2.05. The second kappa shape index (κ2) is 6.63. The molecule has 1 aromatic heterocycles. The molecule has 0 saturated heterocycles. The van der Waals surface area contributed by atoms with Gasteiger partial charge in [-0.05, 0) is 45.6 Å². The molecule has 1 aromatic carbocycles. The molecule has 0 radical (unpaired) electrons. The first kappa shape index (κ1) is 15.4. The number of rotatable bonds is 5. The summed E-state index contributed by atoms with van der Waals surface area (Å²) in [6, 6.07) is 7.24. The Bertz CT molecular complexity index is 605. The minimum atomic E-state index is -0.177. The van der Waals surface area contributed by atoms with Gasteiger partial charge in [-0.1, -0.05) is 12.1 Å². The molecule has 4 nitrogen and oxygen atoms in total. The molecule has 2 aromatic rings. The molecule has 0 aliphatic carbocycles. The smallest absolute Gasteiger partial charge is 0.223 e. The lowest BCUT2D eigenvalue weighted by Gasteiger charge is -2.12. The van der Waals surface area contributed by atoms with Crippen LogP contribution in [0.3, 0.4) is 0 Å². The molecule has 1 heterocycles. The van der Waals surface area contributed by atoms with Crippen LogP contribution in [0.1, 0.15) is 22.5 Å². The van der Waals surface area contributed by atoms with Gasteiger partial charge in [-0.2, -0.15) is 0 Å². The highest BCUT2D eigenvalue weighted by molar-refractivity contribution is 5.31. The van der Waals surface area contributed by atoms with E-state index in [9.17, 15) is 4.39 Å². The Hall–Kier alpha value is -2.01. The highest BCUT2D eigenvalue weighted by atomic mass is 19.1. The summed E-state index contributed by atoms with van der Waals surface area (Å²) in [5.74, 6) is 0.398. The van der Waals surface area contributed by atoms with E-state index in [2.05, 4.69) is 15.3 Å². The van der Waals surface area contributed by atoms with Crippen LogP contribution in [0, 0.1) is 19.7 Å². The van der Waals surface area contributed by atoms with Crippen LogP contribution in [-0.2, 0) is 13.1 Å². The van der Waals surface area contributed by atoms with E-state index in [1.165, 1.54) is 0 Å². The first-order chi connectivity index (χ1) is 9.94. The van der Waals surface area contributed by atoms with Gasteiger partial charge < -0.3 is 10.2 Å². The van der Waals surface area contributed by atoms with Gasteiger partial charge in [0, 0.05) is 30.0 Å². The van der Waals surface area contributed by atoms with E-state index in [-0.39, 0.29) is 5.82 Å². The quantitative estimate of drug-likeness (QED) is 0.918. The summed E-state index contributed by atoms with van der Waals surface area (Å²) in [7, 11) is 3.85. The zero-order valence-corrected chi connectivity index (χ0v) is 12.9. The van der Waals surface area contributed by atoms with Crippen molar-refractivity contribution in [2.24, 2.45) is 0 Å². The summed E-state index contributed by atoms with van der Waals surface area (Å²) < 4.78 is 14.0. The number of benzene rings is 1. The van der Waals surface area contributed by atoms with Gasteiger partial charge in [0.25, 0.3) is 0 Å². The summed E-state index contributed by atoms with van der Waals surface area (Å²) >= 11 is 0. The average Bonchev–Trinajstić information content (AvgIpc) is 2.38. The third kappa shape index (κ3) is 4.49. The van der Waals surface area contributed by atoms with Gasteiger partial charge in [0.05, 0.1) is 0 Å². The molecule has 0 fully saturated rings. The van der Waals surface area contributed by atoms with E-state index in [4.69, 9.17) is 0 Å². The molecule has 21 heavy (non-hydrogen) atoms. The van der Waals surface area contributed by atoms with Crippen molar-refractivity contribution in [3.63, 3.8) is 0 Å². The number of anilines is 1. The number of hydrogen-bond donors (Lipinski definition) is 1. The molecule has 0 atom stereocenters. The van der Waals surface area contributed by atoms with E-state index < -0.39 is 0 Å². The third-order valence-corrected chi connectivity index (χ3v) is 3.04. The van der Waals surface area contributed by atoms with E-state index >= 15 is 0 Å². The Labute approximate surface area is 125 Å². The van der Waals surface area contributed by atoms with Crippen LogP contribution in [0.15, 0.2) is 24.3 Å². The van der Waals surface area contributed by atoms with Crippen molar-refractivity contribution in [1.82, 2.24) is 14.9 Å². The van der Waals surface area contributed by atoms with Gasteiger partial charge in [0.15, 0.2) is 0 Å². The van der Waals surface area contributed by atoms with Gasteiger partial charge in [0.2, 0.25) is 5.95 Å². The molecule has 0 spiro atoms. The monoisotopic (exact) mass is 288 g/mol. The summed E-state index contributed by atoms with van der Waals surface area (Å²) in [6.45, 7) is 4.95. The number of aromatic nitrogens is 2. The molecule has 0 amide bonds. The van der Waals surface area contributed by atoms with Crippen molar-refractivity contribution < 1.29 is 4.39 Å². The van der Waals surface area contributed by atoms with Gasteiger partial charge in [0.1, 0.15) is 5.82 Å². The Morgan fingerprint density at radius 1 is 1.10 bits per heavy atom. The number of nitrogens with one attached hydrogen (secondary N) is 1. The first-order valence-corrected chi connectivity index (χ1v) is 6.92. The molecule has 0 unspecified atom stereocenters. The van der Waals surface area contributed by atoms with Crippen molar-refractivity contribution >= 4 is 5.95 Å². The van der Waals surface area contributed by atoms with E-state index in [1.807, 2.05) is 51.0 Å². The molecule has 0 aliphatic rings. The molecule has 5 heteroatoms. The third-order valence-electron chi connectivity index (χ3n) is 3.04. The molecule has 112 valence electrons. The van der Waals surface area contributed by atoms with Gasteiger partial charge in [-0.3, -0.25) is 0 Å². The largest absolute Gasteiger partial charge is 0.350 e. The molecule has 0 aliphatic heterocycles. The number of hydrogen-bond acceptors (Lipinski definition) is 4. The van der Waals surface area contributed by atoms with Crippen molar-refractivity contribution in [1.29, 1.82) is 0 Å². The molecule has 1 N–H and O–H groups in total. The normalized spacial score (nSPS) is 11.0. The van der Waals surface area contributed by atoms with Crippen LogP contribution < -0.4 is 5.32 Å². The molecular weight excluding hydrogens is 267 g/mol. The van der Waals surface area contributed by atoms with Crippen LogP contribution in [0.4, 0.5) is 10.3 Å². The molecule has 2 rings (SSSR count). The minimum Gasteiger partial charge on any atom is -0.350 e. The SMILES string of the molecule is Cc1cc(C)nc(NCc2ccc(CN(C)C)c(F)c2)n1. The van der Waals surface area contributed by atoms with E-state index in [0.717, 1.165) is 17.0 Å². The topological polar surface area (TPSA) is 41.1 Å². The minimum absolute atomic E-state index is 0.177. The lowest BCUT2D eigenvalue weighted by Crippen LogP contribution is -2.12. The van der Waals surface area contributed by atoms with Crippen LogP contribution in [-0.4, -0.2) is 29.0 Å².